The number of carboxylic acids is 1. The molecule has 0 amide bonds. The third kappa shape index (κ3) is 5.73. The summed E-state index contributed by atoms with van der Waals surface area (Å²) in [6, 6.07) is 19.0. The van der Waals surface area contributed by atoms with E-state index in [4.69, 9.17) is 9.84 Å². The molecule has 0 spiro atoms. The van der Waals surface area contributed by atoms with Crippen LogP contribution in [0.3, 0.4) is 0 Å². The molecule has 140 valence electrons. The van der Waals surface area contributed by atoms with Crippen LogP contribution in [0.1, 0.15) is 51.2 Å². The fraction of sp³-hybridized carbons (Fsp3) is 0.364. The quantitative estimate of drug-likeness (QED) is 0.756. The number of benzene rings is 2. The number of carbonyl (C=O) groups excluding carboxylic acids is 1. The highest BCUT2D eigenvalue weighted by atomic mass is 16.5. The molecule has 0 radical (unpaired) electrons. The van der Waals surface area contributed by atoms with Crippen molar-refractivity contribution in [2.45, 2.75) is 45.4 Å². The Morgan fingerprint density at radius 1 is 1.00 bits per heavy atom. The summed E-state index contributed by atoms with van der Waals surface area (Å²) in [6.45, 7) is 7.75. The van der Waals surface area contributed by atoms with Gasteiger partial charge in [0, 0.05) is 0 Å². The van der Waals surface area contributed by atoms with Crippen molar-refractivity contribution in [3.8, 4) is 0 Å². The standard InChI is InChI=1S/2C11H14O2/c1-3-11(2,10(12)13)9-7-5-4-6-8-9;1-3-13-11(12)9(2)10-7-5-4-6-8-10/h4-8H,3H2,1-2H3,(H,12,13);4-9H,3H2,1-2H3. The number of carbonyl (C=O) groups is 2. The van der Waals surface area contributed by atoms with Gasteiger partial charge in [0.05, 0.1) is 17.9 Å². The Hall–Kier alpha value is -2.62. The van der Waals surface area contributed by atoms with E-state index >= 15 is 0 Å². The van der Waals surface area contributed by atoms with E-state index in [1.165, 1.54) is 0 Å². The SMILES string of the molecule is CCC(C)(C(=O)O)c1ccccc1.CCOC(=O)C(C)c1ccccc1. The van der Waals surface area contributed by atoms with Gasteiger partial charge in [0.2, 0.25) is 0 Å². The smallest absolute Gasteiger partial charge is 0.313 e. The minimum Gasteiger partial charge on any atom is -0.481 e. The molecule has 0 saturated carbocycles. The van der Waals surface area contributed by atoms with E-state index in [0.29, 0.717) is 13.0 Å². The number of carboxylic acid groups (broad SMARTS) is 1. The Morgan fingerprint density at radius 2 is 1.50 bits per heavy atom. The van der Waals surface area contributed by atoms with Gasteiger partial charge in [-0.05, 0) is 38.3 Å². The lowest BCUT2D eigenvalue weighted by Gasteiger charge is -2.23. The van der Waals surface area contributed by atoms with Crippen molar-refractivity contribution in [1.82, 2.24) is 0 Å². The number of hydrogen-bond donors (Lipinski definition) is 1. The lowest BCUT2D eigenvalue weighted by Crippen LogP contribution is -2.31. The summed E-state index contributed by atoms with van der Waals surface area (Å²) in [7, 11) is 0. The Kier molecular flexibility index (Phi) is 8.56. The summed E-state index contributed by atoms with van der Waals surface area (Å²) in [5.74, 6) is -1.09. The predicted molar refractivity (Wildman–Crippen MR) is 103 cm³/mol. The topological polar surface area (TPSA) is 63.6 Å². The Morgan fingerprint density at radius 3 is 1.92 bits per heavy atom. The summed E-state index contributed by atoms with van der Waals surface area (Å²) in [5.41, 5.74) is 1.12. The van der Waals surface area contributed by atoms with Crippen LogP contribution in [0.2, 0.25) is 0 Å². The molecular weight excluding hydrogens is 328 g/mol. The van der Waals surface area contributed by atoms with Crippen LogP contribution in [-0.2, 0) is 19.7 Å². The van der Waals surface area contributed by atoms with Crippen molar-refractivity contribution >= 4 is 11.9 Å². The predicted octanol–water partition coefficient (Wildman–Crippen LogP) is 4.79. The number of aliphatic carboxylic acids is 1. The molecule has 0 fully saturated rings. The summed E-state index contributed by atoms with van der Waals surface area (Å²) in [4.78, 5) is 22.4. The zero-order valence-corrected chi connectivity index (χ0v) is 15.9. The molecule has 26 heavy (non-hydrogen) atoms. The van der Waals surface area contributed by atoms with Gasteiger partial charge in [-0.2, -0.15) is 0 Å². The van der Waals surface area contributed by atoms with Crippen molar-refractivity contribution in [3.05, 3.63) is 71.8 Å². The van der Waals surface area contributed by atoms with E-state index in [1.807, 2.05) is 81.4 Å². The van der Waals surface area contributed by atoms with Crippen LogP contribution in [-0.4, -0.2) is 23.7 Å². The van der Waals surface area contributed by atoms with Gasteiger partial charge in [0.15, 0.2) is 0 Å². The molecule has 4 nitrogen and oxygen atoms in total. The van der Waals surface area contributed by atoms with Crippen molar-refractivity contribution in [1.29, 1.82) is 0 Å². The normalized spacial score (nSPS) is 13.5. The highest BCUT2D eigenvalue weighted by Crippen LogP contribution is 2.27. The van der Waals surface area contributed by atoms with Gasteiger partial charge < -0.3 is 9.84 Å². The lowest BCUT2D eigenvalue weighted by atomic mass is 9.80. The third-order valence-electron chi connectivity index (χ3n) is 4.53. The molecule has 0 heterocycles. The molecule has 2 unspecified atom stereocenters. The first-order valence-corrected chi connectivity index (χ1v) is 8.87. The molecule has 1 N–H and O–H groups in total. The zero-order chi connectivity index (χ0) is 19.6. The number of rotatable bonds is 6. The maximum Gasteiger partial charge on any atom is 0.313 e. The van der Waals surface area contributed by atoms with E-state index < -0.39 is 11.4 Å². The molecule has 2 atom stereocenters. The zero-order valence-electron chi connectivity index (χ0n) is 15.9. The first-order chi connectivity index (χ1) is 12.4. The van der Waals surface area contributed by atoms with Gasteiger partial charge in [-0.25, -0.2) is 0 Å². The molecule has 0 aromatic heterocycles. The highest BCUT2D eigenvalue weighted by molar-refractivity contribution is 5.80. The lowest BCUT2D eigenvalue weighted by molar-refractivity contribution is -0.145. The average Bonchev–Trinajstić information content (AvgIpc) is 2.68. The fourth-order valence-electron chi connectivity index (χ4n) is 2.43. The van der Waals surface area contributed by atoms with E-state index in [0.717, 1.165) is 11.1 Å². The Labute approximate surface area is 155 Å². The van der Waals surface area contributed by atoms with E-state index in [-0.39, 0.29) is 11.9 Å². The second-order valence-electron chi connectivity index (χ2n) is 6.24. The van der Waals surface area contributed by atoms with Crippen molar-refractivity contribution in [3.63, 3.8) is 0 Å². The monoisotopic (exact) mass is 356 g/mol. The summed E-state index contributed by atoms with van der Waals surface area (Å²) < 4.78 is 4.92. The number of hydrogen-bond acceptors (Lipinski definition) is 3. The molecule has 2 aromatic rings. The molecule has 2 rings (SSSR count). The molecule has 0 bridgehead atoms. The third-order valence-corrected chi connectivity index (χ3v) is 4.53. The van der Waals surface area contributed by atoms with Crippen LogP contribution in [0.25, 0.3) is 0 Å². The molecule has 4 heteroatoms. The van der Waals surface area contributed by atoms with E-state index in [1.54, 1.807) is 6.92 Å². The molecule has 0 aliphatic carbocycles. The molecular formula is C22H28O4. The van der Waals surface area contributed by atoms with Crippen LogP contribution in [0.4, 0.5) is 0 Å². The fourth-order valence-corrected chi connectivity index (χ4v) is 2.43. The van der Waals surface area contributed by atoms with E-state index in [9.17, 15) is 9.59 Å². The van der Waals surface area contributed by atoms with E-state index in [2.05, 4.69) is 0 Å². The van der Waals surface area contributed by atoms with Crippen LogP contribution in [0.5, 0.6) is 0 Å². The largest absolute Gasteiger partial charge is 0.481 e. The molecule has 0 saturated heterocycles. The van der Waals surface area contributed by atoms with Crippen LogP contribution in [0.15, 0.2) is 60.7 Å². The minimum absolute atomic E-state index is 0.159. The van der Waals surface area contributed by atoms with Crippen LogP contribution in [0, 0.1) is 0 Å². The average molecular weight is 356 g/mol. The van der Waals surface area contributed by atoms with Gasteiger partial charge >= 0.3 is 11.9 Å². The second kappa shape index (κ2) is 10.4. The maximum absolute atomic E-state index is 11.3. The maximum atomic E-state index is 11.3. The van der Waals surface area contributed by atoms with Crippen molar-refractivity contribution in [2.75, 3.05) is 6.61 Å². The molecule has 0 aliphatic rings. The summed E-state index contributed by atoms with van der Waals surface area (Å²) in [5, 5.41) is 9.09. The van der Waals surface area contributed by atoms with Crippen molar-refractivity contribution in [2.24, 2.45) is 0 Å². The summed E-state index contributed by atoms with van der Waals surface area (Å²) >= 11 is 0. The van der Waals surface area contributed by atoms with Gasteiger partial charge in [0.1, 0.15) is 0 Å². The Bertz CT molecular complexity index is 680. The second-order valence-corrected chi connectivity index (χ2v) is 6.24. The Balaban J connectivity index is 0.000000260. The van der Waals surface area contributed by atoms with Gasteiger partial charge in [0.25, 0.3) is 0 Å². The molecule has 0 aliphatic heterocycles. The summed E-state index contributed by atoms with van der Waals surface area (Å²) in [6.07, 6.45) is 0.604. The minimum atomic E-state index is -0.763. The van der Waals surface area contributed by atoms with Crippen LogP contribution >= 0.6 is 0 Å². The number of esters is 1. The highest BCUT2D eigenvalue weighted by Gasteiger charge is 2.32. The number of ether oxygens (including phenoxy) is 1. The van der Waals surface area contributed by atoms with Crippen molar-refractivity contribution < 1.29 is 19.4 Å². The first kappa shape index (κ1) is 21.4. The van der Waals surface area contributed by atoms with Gasteiger partial charge in [-0.3, -0.25) is 9.59 Å². The molecule has 2 aromatic carbocycles. The first-order valence-electron chi connectivity index (χ1n) is 8.87. The van der Waals surface area contributed by atoms with Crippen LogP contribution < -0.4 is 0 Å². The van der Waals surface area contributed by atoms with Gasteiger partial charge in [-0.1, -0.05) is 67.6 Å². The van der Waals surface area contributed by atoms with Gasteiger partial charge in [-0.15, -0.1) is 0 Å².